The van der Waals surface area contributed by atoms with Gasteiger partial charge in [-0.25, -0.2) is 4.79 Å². The summed E-state index contributed by atoms with van der Waals surface area (Å²) in [5.74, 6) is -0.907. The summed E-state index contributed by atoms with van der Waals surface area (Å²) in [5.41, 5.74) is -1.05. The van der Waals surface area contributed by atoms with Gasteiger partial charge in [-0.3, -0.25) is 20.2 Å². The summed E-state index contributed by atoms with van der Waals surface area (Å²) in [4.78, 5) is 34.7. The van der Waals surface area contributed by atoms with E-state index in [0.29, 0.717) is 12.8 Å². The number of amides is 4. The van der Waals surface area contributed by atoms with Crippen molar-refractivity contribution < 1.29 is 14.4 Å². The maximum absolute atomic E-state index is 11.8. The van der Waals surface area contributed by atoms with Crippen LogP contribution in [-0.2, 0) is 9.59 Å². The van der Waals surface area contributed by atoms with Crippen molar-refractivity contribution in [3.8, 4) is 0 Å². The first-order chi connectivity index (χ1) is 8.06. The van der Waals surface area contributed by atoms with Crippen LogP contribution in [0.5, 0.6) is 0 Å². The fourth-order valence-corrected chi connectivity index (χ4v) is 2.16. The van der Waals surface area contributed by atoms with Crippen molar-refractivity contribution in [1.29, 1.82) is 0 Å². The van der Waals surface area contributed by atoms with Gasteiger partial charge in [-0.1, -0.05) is 39.5 Å². The van der Waals surface area contributed by atoms with Crippen molar-refractivity contribution in [3.63, 3.8) is 0 Å². The van der Waals surface area contributed by atoms with Crippen LogP contribution in [0.3, 0.4) is 0 Å². The van der Waals surface area contributed by atoms with Crippen LogP contribution in [0, 0.1) is 5.41 Å². The van der Waals surface area contributed by atoms with E-state index < -0.39 is 23.3 Å². The Labute approximate surface area is 130 Å². The molecule has 1 aliphatic rings. The number of urea groups is 1. The van der Waals surface area contributed by atoms with Crippen molar-refractivity contribution in [2.24, 2.45) is 5.41 Å². The molecule has 0 atom stereocenters. The summed E-state index contributed by atoms with van der Waals surface area (Å²) in [6, 6.07) is -0.711. The zero-order valence-electron chi connectivity index (χ0n) is 10.5. The van der Waals surface area contributed by atoms with Crippen molar-refractivity contribution in [2.45, 2.75) is 52.4 Å². The minimum absolute atomic E-state index is 0. The van der Waals surface area contributed by atoms with Crippen molar-refractivity contribution >= 4 is 47.4 Å². The van der Waals surface area contributed by atoms with Gasteiger partial charge in [0.15, 0.2) is 0 Å². The van der Waals surface area contributed by atoms with Crippen LogP contribution >= 0.6 is 0 Å². The molecule has 1 aliphatic heterocycles. The molecule has 0 aromatic rings. The van der Waals surface area contributed by atoms with Gasteiger partial charge < -0.3 is 0 Å². The molecule has 1 saturated heterocycles. The van der Waals surface area contributed by atoms with Crippen LogP contribution < -0.4 is 10.6 Å². The Morgan fingerprint density at radius 3 is 1.94 bits per heavy atom. The van der Waals surface area contributed by atoms with E-state index in [1.54, 1.807) is 6.92 Å². The molecule has 6 heteroatoms. The maximum atomic E-state index is 11.8. The third kappa shape index (κ3) is 3.80. The molecule has 0 unspecified atom stereocenters. The fourth-order valence-electron chi connectivity index (χ4n) is 2.16. The van der Waals surface area contributed by atoms with Gasteiger partial charge >= 0.3 is 35.6 Å². The van der Waals surface area contributed by atoms with Gasteiger partial charge in [-0.15, -0.1) is 0 Å². The van der Waals surface area contributed by atoms with Gasteiger partial charge in [-0.05, 0) is 12.8 Å². The molecule has 0 aliphatic carbocycles. The number of hydrogen-bond donors (Lipinski definition) is 2. The Morgan fingerprint density at radius 2 is 1.50 bits per heavy atom. The van der Waals surface area contributed by atoms with E-state index in [1.807, 2.05) is 0 Å². The van der Waals surface area contributed by atoms with Crippen LogP contribution in [0.1, 0.15) is 52.4 Å². The van der Waals surface area contributed by atoms with E-state index in [0.717, 1.165) is 25.7 Å². The number of nitrogens with one attached hydrogen (secondary N) is 2. The average molecular weight is 264 g/mol. The van der Waals surface area contributed by atoms with E-state index in [9.17, 15) is 14.4 Å². The number of carbonyl (C=O) groups is 3. The normalized spacial score (nSPS) is 17.8. The molecule has 5 nitrogen and oxygen atoms in total. The first-order valence-electron chi connectivity index (χ1n) is 6.23. The Hall–Kier alpha value is -0.390. The predicted octanol–water partition coefficient (Wildman–Crippen LogP) is 1.07. The van der Waals surface area contributed by atoms with Gasteiger partial charge in [0.05, 0.1) is 0 Å². The number of rotatable bonds is 6. The second-order valence-electron chi connectivity index (χ2n) is 4.48. The third-order valence-corrected chi connectivity index (χ3v) is 3.38. The number of imide groups is 2. The van der Waals surface area contributed by atoms with Crippen LogP contribution in [0.2, 0.25) is 0 Å². The van der Waals surface area contributed by atoms with E-state index >= 15 is 0 Å². The first kappa shape index (κ1) is 17.6. The summed E-state index contributed by atoms with van der Waals surface area (Å²) < 4.78 is 0. The molecule has 1 rings (SSSR count). The van der Waals surface area contributed by atoms with Gasteiger partial charge in [0.2, 0.25) is 11.8 Å². The molecule has 0 aromatic heterocycles. The summed E-state index contributed by atoms with van der Waals surface area (Å²) in [7, 11) is 0. The fraction of sp³-hybridized carbons (Fsp3) is 0.750. The van der Waals surface area contributed by atoms with E-state index in [1.165, 1.54) is 0 Å². The quantitative estimate of drug-likeness (QED) is 0.428. The predicted molar refractivity (Wildman–Crippen MR) is 70.3 cm³/mol. The second kappa shape index (κ2) is 7.92. The zero-order valence-corrected chi connectivity index (χ0v) is 10.5. The number of hydrogen-bond acceptors (Lipinski definition) is 3. The van der Waals surface area contributed by atoms with Crippen molar-refractivity contribution in [2.75, 3.05) is 0 Å². The Bertz CT molecular complexity index is 311. The molecule has 0 spiro atoms. The van der Waals surface area contributed by atoms with Crippen LogP contribution in [0.15, 0.2) is 0 Å². The Kier molecular flexibility index (Phi) is 7.75. The summed E-state index contributed by atoms with van der Waals surface area (Å²) >= 11 is 0. The van der Waals surface area contributed by atoms with Crippen molar-refractivity contribution in [1.82, 2.24) is 10.6 Å². The summed E-state index contributed by atoms with van der Waals surface area (Å²) in [5, 5.41) is 4.37. The molecule has 18 heavy (non-hydrogen) atoms. The summed E-state index contributed by atoms with van der Waals surface area (Å²) in [6.45, 7) is 3.91. The van der Waals surface area contributed by atoms with Gasteiger partial charge in [0.1, 0.15) is 5.41 Å². The number of unbranched alkanes of at least 4 members (excludes halogenated alkanes) is 3. The first-order valence-corrected chi connectivity index (χ1v) is 6.23. The SMILES string of the molecule is CCCCCCC1(CC)C(=O)NC(=O)NC1=O.[NaH]. The van der Waals surface area contributed by atoms with Crippen LogP contribution in [0.25, 0.3) is 0 Å². The monoisotopic (exact) mass is 264 g/mol. The topological polar surface area (TPSA) is 75.3 Å². The third-order valence-electron chi connectivity index (χ3n) is 3.38. The molecule has 98 valence electrons. The molecule has 2 N–H and O–H groups in total. The van der Waals surface area contributed by atoms with Gasteiger partial charge in [0, 0.05) is 0 Å². The van der Waals surface area contributed by atoms with Crippen LogP contribution in [0.4, 0.5) is 4.79 Å². The zero-order chi connectivity index (χ0) is 12.9. The molecule has 0 aromatic carbocycles. The molecule has 0 saturated carbocycles. The molecule has 1 fully saturated rings. The molecule has 0 radical (unpaired) electrons. The van der Waals surface area contributed by atoms with Crippen LogP contribution in [-0.4, -0.2) is 47.4 Å². The van der Waals surface area contributed by atoms with E-state index in [4.69, 9.17) is 0 Å². The molecule has 0 bridgehead atoms. The van der Waals surface area contributed by atoms with E-state index in [-0.39, 0.29) is 29.6 Å². The Morgan fingerprint density at radius 1 is 0.944 bits per heavy atom. The second-order valence-corrected chi connectivity index (χ2v) is 4.48. The minimum atomic E-state index is -1.05. The number of barbiturate groups is 1. The molecular formula is C12H21N2NaO3. The van der Waals surface area contributed by atoms with E-state index in [2.05, 4.69) is 17.6 Å². The van der Waals surface area contributed by atoms with Gasteiger partial charge in [-0.2, -0.15) is 0 Å². The standard InChI is InChI=1S/C12H20N2O3.Na.H/c1-3-5-6-7-8-12(4-2)9(15)13-11(17)14-10(12)16;;/h3-8H2,1-2H3,(H2,13,14,15,16,17);;. The molecule has 1 heterocycles. The van der Waals surface area contributed by atoms with Crippen molar-refractivity contribution in [3.05, 3.63) is 0 Å². The average Bonchev–Trinajstić information content (AvgIpc) is 2.27. The van der Waals surface area contributed by atoms with Gasteiger partial charge in [0.25, 0.3) is 0 Å². The number of carbonyl (C=O) groups excluding carboxylic acids is 3. The molecular weight excluding hydrogens is 243 g/mol. The molecule has 4 amide bonds. The Balaban J connectivity index is 0.00000289. The summed E-state index contributed by atoms with van der Waals surface area (Å²) in [6.07, 6.45) is 4.97.